The second-order valence-electron chi connectivity index (χ2n) is 3.95. The highest BCUT2D eigenvalue weighted by Gasteiger charge is 2.09. The summed E-state index contributed by atoms with van der Waals surface area (Å²) in [4.78, 5) is 8.62. The highest BCUT2D eigenvalue weighted by Crippen LogP contribution is 2.33. The van der Waals surface area contributed by atoms with E-state index in [1.807, 2.05) is 6.92 Å². The molecule has 2 aromatic rings. The molecule has 0 aliphatic heterocycles. The van der Waals surface area contributed by atoms with Gasteiger partial charge in [0.25, 0.3) is 0 Å². The molecule has 1 aromatic carbocycles. The Hall–Kier alpha value is -1.14. The Morgan fingerprint density at radius 3 is 2.40 bits per heavy atom. The zero-order valence-corrected chi connectivity index (χ0v) is 13.3. The van der Waals surface area contributed by atoms with Gasteiger partial charge in [0.1, 0.15) is 10.7 Å². The van der Waals surface area contributed by atoms with Gasteiger partial charge in [-0.2, -0.15) is 0 Å². The number of hydrogen-bond acceptors (Lipinski definition) is 4. The minimum Gasteiger partial charge on any atom is -0.388 e. The summed E-state index contributed by atoms with van der Waals surface area (Å²) in [7, 11) is 0. The number of anilines is 2. The lowest BCUT2D eigenvalue weighted by Crippen LogP contribution is -2.13. The number of nitrogens with zero attached hydrogens (tertiary/aromatic N) is 2. The Bertz CT molecular complexity index is 691. The SMILES string of the molecule is Cc1cc(C(N)=S)nc(Nc2cc(Cl)c(Cl)cc2Cl)n1. The van der Waals surface area contributed by atoms with Crippen molar-refractivity contribution in [3.05, 3.63) is 44.7 Å². The molecule has 0 aliphatic rings. The Morgan fingerprint density at radius 2 is 1.75 bits per heavy atom. The second-order valence-corrected chi connectivity index (χ2v) is 5.62. The standard InChI is InChI=1S/C12H9Cl3N4S/c1-5-2-10(11(16)20)19-12(17-5)18-9-4-7(14)6(13)3-8(9)15/h2-4H,1H3,(H2,16,20)(H,17,18,19). The van der Waals surface area contributed by atoms with E-state index in [1.54, 1.807) is 12.1 Å². The van der Waals surface area contributed by atoms with E-state index in [1.165, 1.54) is 6.07 Å². The molecule has 0 saturated heterocycles. The Labute approximate surface area is 136 Å². The molecule has 20 heavy (non-hydrogen) atoms. The molecule has 0 unspecified atom stereocenters. The van der Waals surface area contributed by atoms with E-state index in [-0.39, 0.29) is 4.99 Å². The topological polar surface area (TPSA) is 63.8 Å². The number of benzene rings is 1. The lowest BCUT2D eigenvalue weighted by atomic mass is 10.3. The third-order valence-corrected chi connectivity index (χ3v) is 3.61. The summed E-state index contributed by atoms with van der Waals surface area (Å²) in [6.07, 6.45) is 0. The average Bonchev–Trinajstić information content (AvgIpc) is 2.35. The molecule has 0 saturated carbocycles. The van der Waals surface area contributed by atoms with Crippen LogP contribution in [0, 0.1) is 6.92 Å². The Balaban J connectivity index is 2.40. The van der Waals surface area contributed by atoms with Crippen LogP contribution in [0.1, 0.15) is 11.4 Å². The predicted octanol–water partition coefficient (Wildman–Crippen LogP) is 4.12. The third-order valence-electron chi connectivity index (χ3n) is 2.36. The van der Waals surface area contributed by atoms with Gasteiger partial charge in [-0.25, -0.2) is 9.97 Å². The third kappa shape index (κ3) is 3.49. The van der Waals surface area contributed by atoms with E-state index in [0.717, 1.165) is 5.69 Å². The number of halogens is 3. The maximum absolute atomic E-state index is 6.08. The number of hydrogen-bond donors (Lipinski definition) is 2. The molecule has 0 fully saturated rings. The highest BCUT2D eigenvalue weighted by atomic mass is 35.5. The van der Waals surface area contributed by atoms with Crippen LogP contribution in [0.2, 0.25) is 15.1 Å². The first-order valence-corrected chi connectivity index (χ1v) is 6.98. The minimum atomic E-state index is 0.193. The van der Waals surface area contributed by atoms with Gasteiger partial charge in [0, 0.05) is 5.69 Å². The summed E-state index contributed by atoms with van der Waals surface area (Å²) in [5.41, 5.74) is 7.31. The number of aromatic nitrogens is 2. The van der Waals surface area contributed by atoms with E-state index < -0.39 is 0 Å². The van der Waals surface area contributed by atoms with Crippen LogP contribution in [-0.4, -0.2) is 15.0 Å². The molecule has 4 nitrogen and oxygen atoms in total. The van der Waals surface area contributed by atoms with Crippen molar-refractivity contribution in [1.82, 2.24) is 9.97 Å². The molecular weight excluding hydrogens is 339 g/mol. The fraction of sp³-hybridized carbons (Fsp3) is 0.0833. The normalized spacial score (nSPS) is 10.4. The zero-order chi connectivity index (χ0) is 14.9. The van der Waals surface area contributed by atoms with E-state index in [2.05, 4.69) is 15.3 Å². The van der Waals surface area contributed by atoms with Crippen LogP contribution < -0.4 is 11.1 Å². The van der Waals surface area contributed by atoms with Crippen LogP contribution in [0.5, 0.6) is 0 Å². The lowest BCUT2D eigenvalue weighted by molar-refractivity contribution is 1.09. The minimum absolute atomic E-state index is 0.193. The van der Waals surface area contributed by atoms with Crippen molar-refractivity contribution in [3.63, 3.8) is 0 Å². The first-order valence-electron chi connectivity index (χ1n) is 5.44. The summed E-state index contributed by atoms with van der Waals surface area (Å²) in [6, 6.07) is 4.83. The monoisotopic (exact) mass is 346 g/mol. The van der Waals surface area contributed by atoms with Crippen LogP contribution in [-0.2, 0) is 0 Å². The van der Waals surface area contributed by atoms with Crippen molar-refractivity contribution in [2.75, 3.05) is 5.32 Å². The van der Waals surface area contributed by atoms with Gasteiger partial charge in [-0.15, -0.1) is 0 Å². The first-order chi connectivity index (χ1) is 9.36. The van der Waals surface area contributed by atoms with Crippen molar-refractivity contribution >= 4 is 63.6 Å². The summed E-state index contributed by atoms with van der Waals surface area (Å²) in [5, 5.41) is 4.12. The van der Waals surface area contributed by atoms with Gasteiger partial charge in [0.2, 0.25) is 5.95 Å². The summed E-state index contributed by atoms with van der Waals surface area (Å²) >= 11 is 22.8. The largest absolute Gasteiger partial charge is 0.388 e. The van der Waals surface area contributed by atoms with Gasteiger partial charge in [-0.3, -0.25) is 0 Å². The fourth-order valence-corrected chi connectivity index (χ4v) is 2.19. The molecule has 1 aromatic heterocycles. The molecule has 0 spiro atoms. The molecule has 2 rings (SSSR count). The number of nitrogens with two attached hydrogens (primary N) is 1. The second kappa shape index (κ2) is 6.10. The van der Waals surface area contributed by atoms with Gasteiger partial charge in [0.15, 0.2) is 0 Å². The molecule has 0 atom stereocenters. The van der Waals surface area contributed by atoms with Crippen LogP contribution in [0.15, 0.2) is 18.2 Å². The average molecular weight is 348 g/mol. The van der Waals surface area contributed by atoms with Crippen molar-refractivity contribution in [2.45, 2.75) is 6.92 Å². The highest BCUT2D eigenvalue weighted by molar-refractivity contribution is 7.80. The van der Waals surface area contributed by atoms with Gasteiger partial charge < -0.3 is 11.1 Å². The van der Waals surface area contributed by atoms with Crippen molar-refractivity contribution in [2.24, 2.45) is 5.73 Å². The number of rotatable bonds is 3. The first kappa shape index (κ1) is 15.3. The van der Waals surface area contributed by atoms with Crippen molar-refractivity contribution < 1.29 is 0 Å². The molecule has 3 N–H and O–H groups in total. The smallest absolute Gasteiger partial charge is 0.228 e. The quantitative estimate of drug-likeness (QED) is 0.646. The van der Waals surface area contributed by atoms with Crippen LogP contribution in [0.25, 0.3) is 0 Å². The Kier molecular flexibility index (Phi) is 4.65. The fourth-order valence-electron chi connectivity index (χ4n) is 1.49. The molecule has 0 radical (unpaired) electrons. The predicted molar refractivity (Wildman–Crippen MR) is 87.4 cm³/mol. The maximum atomic E-state index is 6.08. The lowest BCUT2D eigenvalue weighted by Gasteiger charge is -2.10. The van der Waals surface area contributed by atoms with E-state index >= 15 is 0 Å². The zero-order valence-electron chi connectivity index (χ0n) is 10.2. The molecule has 0 aliphatic carbocycles. The molecular formula is C12H9Cl3N4S. The van der Waals surface area contributed by atoms with E-state index in [4.69, 9.17) is 52.8 Å². The summed E-state index contributed by atoms with van der Waals surface area (Å²) in [6.45, 7) is 1.81. The van der Waals surface area contributed by atoms with E-state index in [9.17, 15) is 0 Å². The van der Waals surface area contributed by atoms with Gasteiger partial charge in [0.05, 0.1) is 20.8 Å². The maximum Gasteiger partial charge on any atom is 0.228 e. The number of aryl methyl sites for hydroxylation is 1. The van der Waals surface area contributed by atoms with Crippen LogP contribution in [0.4, 0.5) is 11.6 Å². The van der Waals surface area contributed by atoms with E-state index in [0.29, 0.717) is 32.4 Å². The van der Waals surface area contributed by atoms with Gasteiger partial charge in [-0.1, -0.05) is 47.0 Å². The molecule has 0 amide bonds. The summed E-state index contributed by atoms with van der Waals surface area (Å²) in [5.74, 6) is 0.327. The van der Waals surface area contributed by atoms with Crippen molar-refractivity contribution in [3.8, 4) is 0 Å². The van der Waals surface area contributed by atoms with Crippen LogP contribution in [0.3, 0.4) is 0 Å². The molecule has 1 heterocycles. The van der Waals surface area contributed by atoms with Crippen molar-refractivity contribution in [1.29, 1.82) is 0 Å². The molecule has 104 valence electrons. The van der Waals surface area contributed by atoms with Gasteiger partial charge >= 0.3 is 0 Å². The van der Waals surface area contributed by atoms with Gasteiger partial charge in [-0.05, 0) is 25.1 Å². The number of nitrogens with one attached hydrogen (secondary N) is 1. The molecule has 8 heteroatoms. The molecule has 0 bridgehead atoms. The Morgan fingerprint density at radius 1 is 1.10 bits per heavy atom. The number of thiocarbonyl (C=S) groups is 1. The van der Waals surface area contributed by atoms with Crippen LogP contribution >= 0.6 is 47.0 Å². The summed E-state index contributed by atoms with van der Waals surface area (Å²) < 4.78 is 0.